The fourth-order valence-corrected chi connectivity index (χ4v) is 5.24. The molecule has 3 fully saturated rings. The van der Waals surface area contributed by atoms with Crippen molar-refractivity contribution in [3.8, 4) is 0 Å². The molecular formula is C20H28N2O. The molecular weight excluding hydrogens is 284 g/mol. The Morgan fingerprint density at radius 2 is 1.91 bits per heavy atom. The molecule has 0 saturated heterocycles. The summed E-state index contributed by atoms with van der Waals surface area (Å²) in [5.74, 6) is 1.44. The van der Waals surface area contributed by atoms with E-state index in [0.29, 0.717) is 11.8 Å². The summed E-state index contributed by atoms with van der Waals surface area (Å²) in [4.78, 5) is 12.7. The van der Waals surface area contributed by atoms with Gasteiger partial charge < -0.3 is 11.1 Å². The average molecular weight is 312 g/mol. The Balaban J connectivity index is 1.36. The van der Waals surface area contributed by atoms with E-state index in [2.05, 4.69) is 35.6 Å². The highest BCUT2D eigenvalue weighted by molar-refractivity contribution is 5.80. The van der Waals surface area contributed by atoms with Crippen LogP contribution in [-0.4, -0.2) is 18.5 Å². The minimum Gasteiger partial charge on any atom is -0.355 e. The molecule has 1 aromatic rings. The first-order valence-electron chi connectivity index (χ1n) is 9.24. The van der Waals surface area contributed by atoms with Gasteiger partial charge in [-0.1, -0.05) is 36.8 Å². The van der Waals surface area contributed by atoms with Gasteiger partial charge in [-0.15, -0.1) is 0 Å². The van der Waals surface area contributed by atoms with Crippen LogP contribution >= 0.6 is 0 Å². The van der Waals surface area contributed by atoms with Gasteiger partial charge in [0.1, 0.15) is 0 Å². The van der Waals surface area contributed by atoms with Crippen LogP contribution in [0.3, 0.4) is 0 Å². The van der Waals surface area contributed by atoms with Crippen LogP contribution in [0.1, 0.15) is 44.1 Å². The zero-order valence-electron chi connectivity index (χ0n) is 13.8. The Morgan fingerprint density at radius 3 is 2.52 bits per heavy atom. The molecule has 3 aliphatic carbocycles. The average Bonchev–Trinajstić information content (AvgIpc) is 3.11. The summed E-state index contributed by atoms with van der Waals surface area (Å²) in [5.41, 5.74) is 7.98. The lowest BCUT2D eigenvalue weighted by atomic mass is 9.65. The number of benzene rings is 1. The topological polar surface area (TPSA) is 55.1 Å². The Hall–Kier alpha value is -1.35. The predicted octanol–water partition coefficient (Wildman–Crippen LogP) is 2.89. The van der Waals surface area contributed by atoms with Crippen molar-refractivity contribution in [1.29, 1.82) is 0 Å². The highest BCUT2D eigenvalue weighted by Gasteiger charge is 2.49. The molecule has 3 aliphatic rings. The van der Waals surface area contributed by atoms with Gasteiger partial charge in [-0.25, -0.2) is 0 Å². The third kappa shape index (κ3) is 2.80. The van der Waals surface area contributed by atoms with Crippen molar-refractivity contribution in [3.63, 3.8) is 0 Å². The molecule has 1 aromatic carbocycles. The van der Waals surface area contributed by atoms with E-state index >= 15 is 0 Å². The number of fused-ring (bicyclic) bond motifs is 2. The molecule has 2 bridgehead atoms. The van der Waals surface area contributed by atoms with Crippen molar-refractivity contribution in [2.75, 3.05) is 6.54 Å². The zero-order chi connectivity index (χ0) is 15.9. The van der Waals surface area contributed by atoms with Crippen molar-refractivity contribution in [1.82, 2.24) is 5.32 Å². The number of hydrogen-bond donors (Lipinski definition) is 2. The van der Waals surface area contributed by atoms with E-state index in [1.807, 2.05) is 0 Å². The van der Waals surface area contributed by atoms with Gasteiger partial charge >= 0.3 is 0 Å². The van der Waals surface area contributed by atoms with Crippen molar-refractivity contribution in [2.24, 2.45) is 28.9 Å². The maximum atomic E-state index is 12.7. The molecule has 4 rings (SSSR count). The van der Waals surface area contributed by atoms with Crippen molar-refractivity contribution in [2.45, 2.75) is 51.0 Å². The summed E-state index contributed by atoms with van der Waals surface area (Å²) in [6.07, 6.45) is 8.43. The normalized spacial score (nSPS) is 34.1. The van der Waals surface area contributed by atoms with Gasteiger partial charge in [-0.3, -0.25) is 4.79 Å². The molecule has 3 saturated carbocycles. The molecule has 4 unspecified atom stereocenters. The van der Waals surface area contributed by atoms with Crippen LogP contribution in [0, 0.1) is 23.2 Å². The van der Waals surface area contributed by atoms with E-state index in [1.54, 1.807) is 0 Å². The van der Waals surface area contributed by atoms with Crippen LogP contribution in [0.25, 0.3) is 0 Å². The highest BCUT2D eigenvalue weighted by atomic mass is 16.1. The molecule has 3 nitrogen and oxygen atoms in total. The van der Waals surface area contributed by atoms with Gasteiger partial charge in [-0.05, 0) is 61.3 Å². The lowest BCUT2D eigenvalue weighted by molar-refractivity contribution is -0.128. The number of carbonyl (C=O) groups excluding carboxylic acids is 1. The molecule has 0 spiro atoms. The summed E-state index contributed by atoms with van der Waals surface area (Å²) >= 11 is 0. The first-order valence-corrected chi connectivity index (χ1v) is 9.24. The van der Waals surface area contributed by atoms with E-state index in [0.717, 1.165) is 13.0 Å². The minimum absolute atomic E-state index is 0.0719. The molecule has 0 heterocycles. The van der Waals surface area contributed by atoms with Gasteiger partial charge in [0.15, 0.2) is 0 Å². The van der Waals surface area contributed by atoms with E-state index in [9.17, 15) is 4.79 Å². The molecule has 0 aliphatic heterocycles. The number of amides is 1. The Morgan fingerprint density at radius 1 is 1.17 bits per heavy atom. The summed E-state index contributed by atoms with van der Waals surface area (Å²) in [5, 5.41) is 3.28. The van der Waals surface area contributed by atoms with Crippen molar-refractivity contribution in [3.05, 3.63) is 35.9 Å². The Bertz CT molecular complexity index is 564. The second-order valence-corrected chi connectivity index (χ2v) is 8.17. The molecule has 3 heteroatoms. The summed E-state index contributed by atoms with van der Waals surface area (Å²) in [6.45, 7) is 0.821. The zero-order valence-corrected chi connectivity index (χ0v) is 13.8. The summed E-state index contributed by atoms with van der Waals surface area (Å²) < 4.78 is 0. The monoisotopic (exact) mass is 312 g/mol. The SMILES string of the molecule is NC1C2CCC(C2)C1C(=O)NCC1(Cc2ccccc2)CCC1. The first kappa shape index (κ1) is 15.2. The second-order valence-electron chi connectivity index (χ2n) is 8.17. The third-order valence-corrected chi connectivity index (χ3v) is 6.76. The maximum Gasteiger partial charge on any atom is 0.224 e. The lowest BCUT2D eigenvalue weighted by Crippen LogP contribution is -2.49. The number of nitrogens with one attached hydrogen (secondary N) is 1. The largest absolute Gasteiger partial charge is 0.355 e. The van der Waals surface area contributed by atoms with Crippen LogP contribution in [0.15, 0.2) is 30.3 Å². The van der Waals surface area contributed by atoms with Crippen LogP contribution in [0.5, 0.6) is 0 Å². The van der Waals surface area contributed by atoms with Gasteiger partial charge in [-0.2, -0.15) is 0 Å². The predicted molar refractivity (Wildman–Crippen MR) is 91.7 cm³/mol. The molecule has 124 valence electrons. The molecule has 0 aromatic heterocycles. The number of nitrogens with two attached hydrogens (primary N) is 1. The fraction of sp³-hybridized carbons (Fsp3) is 0.650. The fourth-order valence-electron chi connectivity index (χ4n) is 5.24. The van der Waals surface area contributed by atoms with Crippen molar-refractivity contribution >= 4 is 5.91 Å². The van der Waals surface area contributed by atoms with E-state index in [4.69, 9.17) is 5.73 Å². The van der Waals surface area contributed by atoms with Crippen LogP contribution in [0.4, 0.5) is 0 Å². The number of hydrogen-bond acceptors (Lipinski definition) is 2. The molecule has 3 N–H and O–H groups in total. The lowest BCUT2D eigenvalue weighted by Gasteiger charge is -2.43. The minimum atomic E-state index is 0.0719. The molecule has 1 amide bonds. The summed E-state index contributed by atoms with van der Waals surface area (Å²) in [7, 11) is 0. The maximum absolute atomic E-state index is 12.7. The van der Waals surface area contributed by atoms with Crippen molar-refractivity contribution < 1.29 is 4.79 Å². The summed E-state index contributed by atoms with van der Waals surface area (Å²) in [6, 6.07) is 10.8. The highest BCUT2D eigenvalue weighted by Crippen LogP contribution is 2.48. The molecule has 4 atom stereocenters. The molecule has 0 radical (unpaired) electrons. The van der Waals surface area contributed by atoms with Gasteiger partial charge in [0.25, 0.3) is 0 Å². The van der Waals surface area contributed by atoms with Gasteiger partial charge in [0.05, 0.1) is 5.92 Å². The van der Waals surface area contributed by atoms with Gasteiger partial charge in [0.2, 0.25) is 5.91 Å². The van der Waals surface area contributed by atoms with E-state index < -0.39 is 0 Å². The standard InChI is InChI=1S/C20H28N2O/c21-18-16-8-7-15(11-16)17(18)19(23)22-13-20(9-4-10-20)12-14-5-2-1-3-6-14/h1-3,5-6,15-18H,4,7-13,21H2,(H,22,23). The Labute approximate surface area is 139 Å². The first-order chi connectivity index (χ1) is 11.2. The van der Waals surface area contributed by atoms with E-state index in [1.165, 1.54) is 44.1 Å². The molecule has 23 heavy (non-hydrogen) atoms. The quantitative estimate of drug-likeness (QED) is 0.878. The van der Waals surface area contributed by atoms with E-state index in [-0.39, 0.29) is 23.3 Å². The van der Waals surface area contributed by atoms with Crippen LogP contribution in [0.2, 0.25) is 0 Å². The number of rotatable bonds is 5. The van der Waals surface area contributed by atoms with Gasteiger partial charge in [0, 0.05) is 12.6 Å². The number of carbonyl (C=O) groups is 1. The third-order valence-electron chi connectivity index (χ3n) is 6.76. The second kappa shape index (κ2) is 5.94. The Kier molecular flexibility index (Phi) is 3.92. The van der Waals surface area contributed by atoms with Crippen LogP contribution in [-0.2, 0) is 11.2 Å². The van der Waals surface area contributed by atoms with Crippen LogP contribution < -0.4 is 11.1 Å². The smallest absolute Gasteiger partial charge is 0.224 e.